The van der Waals surface area contributed by atoms with Crippen LogP contribution in [0, 0.1) is 0 Å². The van der Waals surface area contributed by atoms with Crippen LogP contribution in [0.4, 0.5) is 5.82 Å². The van der Waals surface area contributed by atoms with E-state index in [1.807, 2.05) is 19.3 Å². The summed E-state index contributed by atoms with van der Waals surface area (Å²) in [6, 6.07) is 4.08. The molecule has 5 heteroatoms. The molecule has 102 valence electrons. The van der Waals surface area contributed by atoms with E-state index in [1.54, 1.807) is 12.5 Å². The fraction of sp³-hybridized carbons (Fsp3) is 0.357. The molecule has 0 unspecified atom stereocenters. The van der Waals surface area contributed by atoms with E-state index in [0.717, 1.165) is 35.5 Å². The molecular weight excluding hydrogens is 306 g/mol. The van der Waals surface area contributed by atoms with Gasteiger partial charge in [0.2, 0.25) is 0 Å². The molecule has 19 heavy (non-hydrogen) atoms. The number of pyridine rings is 1. The standard InChI is InChI=1S/C14H18BrN3O/c1-3-16-7-12-6-13(15)8-17-14(12)18(2)9-11-4-5-19-10-11/h4-6,8,10,16H,3,7,9H2,1-2H3. The molecule has 2 rings (SSSR count). The molecule has 0 saturated heterocycles. The summed E-state index contributed by atoms with van der Waals surface area (Å²) in [5, 5.41) is 3.34. The van der Waals surface area contributed by atoms with Crippen LogP contribution in [-0.4, -0.2) is 18.6 Å². The summed E-state index contributed by atoms with van der Waals surface area (Å²) < 4.78 is 6.10. The smallest absolute Gasteiger partial charge is 0.133 e. The monoisotopic (exact) mass is 323 g/mol. The molecule has 2 heterocycles. The Hall–Kier alpha value is -1.33. The number of hydrogen-bond acceptors (Lipinski definition) is 4. The number of anilines is 1. The van der Waals surface area contributed by atoms with Gasteiger partial charge in [0.1, 0.15) is 5.82 Å². The Kier molecular flexibility index (Phi) is 4.99. The first-order valence-corrected chi connectivity index (χ1v) is 7.07. The minimum absolute atomic E-state index is 0.782. The van der Waals surface area contributed by atoms with E-state index in [0.29, 0.717) is 0 Å². The molecule has 0 saturated carbocycles. The van der Waals surface area contributed by atoms with Gasteiger partial charge in [-0.3, -0.25) is 0 Å². The Bertz CT molecular complexity index is 513. The molecule has 0 atom stereocenters. The third-order valence-corrected chi connectivity index (χ3v) is 3.27. The van der Waals surface area contributed by atoms with Crippen molar-refractivity contribution in [2.75, 3.05) is 18.5 Å². The number of rotatable bonds is 6. The molecule has 0 aromatic carbocycles. The third kappa shape index (κ3) is 3.81. The first-order valence-electron chi connectivity index (χ1n) is 6.28. The normalized spacial score (nSPS) is 10.7. The maximum atomic E-state index is 5.10. The summed E-state index contributed by atoms with van der Waals surface area (Å²) in [4.78, 5) is 6.65. The molecule has 0 aliphatic carbocycles. The summed E-state index contributed by atoms with van der Waals surface area (Å²) in [7, 11) is 2.04. The lowest BCUT2D eigenvalue weighted by Gasteiger charge is -2.21. The maximum absolute atomic E-state index is 5.10. The average molecular weight is 324 g/mol. The molecule has 1 N–H and O–H groups in total. The Morgan fingerprint density at radius 1 is 1.47 bits per heavy atom. The van der Waals surface area contributed by atoms with Gasteiger partial charge in [0.25, 0.3) is 0 Å². The van der Waals surface area contributed by atoms with Gasteiger partial charge in [-0.05, 0) is 34.6 Å². The lowest BCUT2D eigenvalue weighted by molar-refractivity contribution is 0.563. The van der Waals surface area contributed by atoms with Crippen molar-refractivity contribution in [3.05, 3.63) is 46.5 Å². The molecule has 0 aliphatic heterocycles. The molecule has 0 bridgehead atoms. The minimum Gasteiger partial charge on any atom is -0.472 e. The number of hydrogen-bond donors (Lipinski definition) is 1. The Morgan fingerprint density at radius 3 is 3.00 bits per heavy atom. The van der Waals surface area contributed by atoms with Gasteiger partial charge in [-0.2, -0.15) is 0 Å². The SMILES string of the molecule is CCNCc1cc(Br)cnc1N(C)Cc1ccoc1. The molecule has 2 aromatic rings. The Balaban J connectivity index is 2.17. The summed E-state index contributed by atoms with van der Waals surface area (Å²) in [6.45, 7) is 4.63. The van der Waals surface area contributed by atoms with E-state index in [9.17, 15) is 0 Å². The Morgan fingerprint density at radius 2 is 2.32 bits per heavy atom. The van der Waals surface area contributed by atoms with E-state index in [2.05, 4.69) is 44.1 Å². The van der Waals surface area contributed by atoms with Crippen molar-refractivity contribution >= 4 is 21.7 Å². The lowest BCUT2D eigenvalue weighted by Crippen LogP contribution is -2.21. The summed E-state index contributed by atoms with van der Waals surface area (Å²) in [5.74, 6) is 0.991. The number of aromatic nitrogens is 1. The zero-order chi connectivity index (χ0) is 13.7. The summed E-state index contributed by atoms with van der Waals surface area (Å²) in [6.07, 6.45) is 5.29. The van der Waals surface area contributed by atoms with Gasteiger partial charge in [-0.15, -0.1) is 0 Å². The van der Waals surface area contributed by atoms with Gasteiger partial charge < -0.3 is 14.6 Å². The van der Waals surface area contributed by atoms with Crippen LogP contribution in [0.2, 0.25) is 0 Å². The van der Waals surface area contributed by atoms with Crippen LogP contribution in [-0.2, 0) is 13.1 Å². The molecule has 0 fully saturated rings. The fourth-order valence-corrected chi connectivity index (χ4v) is 2.32. The van der Waals surface area contributed by atoms with Gasteiger partial charge in [-0.1, -0.05) is 6.92 Å². The highest BCUT2D eigenvalue weighted by atomic mass is 79.9. The van der Waals surface area contributed by atoms with Gasteiger partial charge >= 0.3 is 0 Å². The first kappa shape index (κ1) is 14.1. The summed E-state index contributed by atoms with van der Waals surface area (Å²) >= 11 is 3.47. The number of nitrogens with zero attached hydrogens (tertiary/aromatic N) is 2. The zero-order valence-corrected chi connectivity index (χ0v) is 12.8. The van der Waals surface area contributed by atoms with Crippen LogP contribution < -0.4 is 10.2 Å². The topological polar surface area (TPSA) is 41.3 Å². The second-order valence-corrected chi connectivity index (χ2v) is 5.32. The van der Waals surface area contributed by atoms with Gasteiger partial charge in [0, 0.05) is 41.9 Å². The second kappa shape index (κ2) is 6.73. The minimum atomic E-state index is 0.782. The second-order valence-electron chi connectivity index (χ2n) is 4.40. The number of halogens is 1. The third-order valence-electron chi connectivity index (χ3n) is 2.84. The number of nitrogens with one attached hydrogen (secondary N) is 1. The van der Waals surface area contributed by atoms with E-state index in [1.165, 1.54) is 5.56 Å². The molecule has 2 aromatic heterocycles. The van der Waals surface area contributed by atoms with Gasteiger partial charge in [0.05, 0.1) is 12.5 Å². The van der Waals surface area contributed by atoms with E-state index in [-0.39, 0.29) is 0 Å². The fourth-order valence-electron chi connectivity index (χ4n) is 1.94. The average Bonchev–Trinajstić information content (AvgIpc) is 2.89. The molecule has 0 aliphatic rings. The van der Waals surface area contributed by atoms with Crippen molar-refractivity contribution in [1.29, 1.82) is 0 Å². The predicted molar refractivity (Wildman–Crippen MR) is 80.1 cm³/mol. The molecule has 0 spiro atoms. The van der Waals surface area contributed by atoms with E-state index in [4.69, 9.17) is 4.42 Å². The van der Waals surface area contributed by atoms with Crippen molar-refractivity contribution in [1.82, 2.24) is 10.3 Å². The van der Waals surface area contributed by atoms with E-state index >= 15 is 0 Å². The highest BCUT2D eigenvalue weighted by Crippen LogP contribution is 2.22. The molecular formula is C14H18BrN3O. The van der Waals surface area contributed by atoms with Crippen LogP contribution in [0.3, 0.4) is 0 Å². The van der Waals surface area contributed by atoms with Crippen molar-refractivity contribution in [3.8, 4) is 0 Å². The quantitative estimate of drug-likeness (QED) is 0.886. The molecule has 0 amide bonds. The van der Waals surface area contributed by atoms with Gasteiger partial charge in [0.15, 0.2) is 0 Å². The van der Waals surface area contributed by atoms with Crippen LogP contribution >= 0.6 is 15.9 Å². The van der Waals surface area contributed by atoms with Crippen molar-refractivity contribution in [3.63, 3.8) is 0 Å². The van der Waals surface area contributed by atoms with Crippen molar-refractivity contribution < 1.29 is 4.42 Å². The lowest BCUT2D eigenvalue weighted by atomic mass is 10.2. The first-order chi connectivity index (χ1) is 9.20. The Labute approximate surface area is 122 Å². The zero-order valence-electron chi connectivity index (χ0n) is 11.2. The van der Waals surface area contributed by atoms with E-state index < -0.39 is 0 Å². The maximum Gasteiger partial charge on any atom is 0.133 e. The molecule has 0 radical (unpaired) electrons. The largest absolute Gasteiger partial charge is 0.472 e. The van der Waals surface area contributed by atoms with Crippen molar-refractivity contribution in [2.24, 2.45) is 0 Å². The predicted octanol–water partition coefficient (Wildman–Crippen LogP) is 3.18. The summed E-state index contributed by atoms with van der Waals surface area (Å²) in [5.41, 5.74) is 2.32. The highest BCUT2D eigenvalue weighted by molar-refractivity contribution is 9.10. The van der Waals surface area contributed by atoms with Crippen molar-refractivity contribution in [2.45, 2.75) is 20.0 Å². The van der Waals surface area contributed by atoms with Gasteiger partial charge in [-0.25, -0.2) is 4.98 Å². The van der Waals surface area contributed by atoms with Crippen LogP contribution in [0.5, 0.6) is 0 Å². The van der Waals surface area contributed by atoms with Crippen LogP contribution in [0.25, 0.3) is 0 Å². The van der Waals surface area contributed by atoms with Crippen LogP contribution in [0.15, 0.2) is 39.7 Å². The number of furan rings is 1. The van der Waals surface area contributed by atoms with Crippen LogP contribution in [0.1, 0.15) is 18.1 Å². The molecule has 4 nitrogen and oxygen atoms in total. The highest BCUT2D eigenvalue weighted by Gasteiger charge is 2.10.